The first-order chi connectivity index (χ1) is 18.1. The van der Waals surface area contributed by atoms with Gasteiger partial charge < -0.3 is 5.11 Å². The Kier molecular flexibility index (Phi) is 8.33. The number of thiazole rings is 1. The molecule has 0 fully saturated rings. The van der Waals surface area contributed by atoms with E-state index in [2.05, 4.69) is 41.4 Å². The van der Waals surface area contributed by atoms with Crippen LogP contribution < -0.4 is 10.6 Å². The third kappa shape index (κ3) is 7.11. The first-order valence-corrected chi connectivity index (χ1v) is 13.2. The molecular formula is C28H32N6O3S. The monoisotopic (exact) mass is 532 g/mol. The molecule has 4 aromatic rings. The largest absolute Gasteiger partial charge is 0.389 e. The van der Waals surface area contributed by atoms with Crippen LogP contribution in [0.5, 0.6) is 0 Å². The Morgan fingerprint density at radius 2 is 1.79 bits per heavy atom. The second kappa shape index (κ2) is 11.7. The maximum Gasteiger partial charge on any atom is 0.326 e. The number of hydrogen-bond donors (Lipinski definition) is 3. The van der Waals surface area contributed by atoms with Gasteiger partial charge >= 0.3 is 6.03 Å². The number of hydrogen-bond acceptors (Lipinski definition) is 7. The van der Waals surface area contributed by atoms with Crippen molar-refractivity contribution in [1.29, 1.82) is 0 Å². The van der Waals surface area contributed by atoms with Gasteiger partial charge in [0.2, 0.25) is 0 Å². The summed E-state index contributed by atoms with van der Waals surface area (Å²) in [6, 6.07) is 13.2. The zero-order valence-electron chi connectivity index (χ0n) is 22.0. The zero-order chi connectivity index (χ0) is 27.3. The number of aliphatic hydroxyl groups is 1. The number of Topliss-reactive ketones (excluding diaryl/α,β-unsaturated/α-hetero) is 1. The van der Waals surface area contributed by atoms with Gasteiger partial charge in [-0.15, -0.1) is 11.3 Å². The van der Waals surface area contributed by atoms with Gasteiger partial charge in [-0.25, -0.2) is 14.5 Å². The summed E-state index contributed by atoms with van der Waals surface area (Å²) in [4.78, 5) is 33.9. The van der Waals surface area contributed by atoms with Gasteiger partial charge in [-0.05, 0) is 49.6 Å². The average Bonchev–Trinajstić information content (AvgIpc) is 3.50. The summed E-state index contributed by atoms with van der Waals surface area (Å²) in [6.07, 6.45) is 5.02. The summed E-state index contributed by atoms with van der Waals surface area (Å²) in [5.74, 6) is 0.309. The van der Waals surface area contributed by atoms with E-state index in [1.54, 1.807) is 17.1 Å². The Balaban J connectivity index is 1.40. The number of carbonyl (C=O) groups is 2. The SMILES string of the molecule is Cc1ccc(-n2nc(C(C)(C)C)cc2NC(=O)Nc2ncc(CCc3ccnc(CC(=O)CO)c3)s2)cc1. The number of nitrogens with one attached hydrogen (secondary N) is 2. The van der Waals surface area contributed by atoms with Crippen LogP contribution in [0.15, 0.2) is 54.9 Å². The fourth-order valence-electron chi connectivity index (χ4n) is 3.75. The van der Waals surface area contributed by atoms with Crippen LogP contribution in [0.4, 0.5) is 15.7 Å². The third-order valence-electron chi connectivity index (χ3n) is 5.87. The Bertz CT molecular complexity index is 1420. The van der Waals surface area contributed by atoms with Crippen molar-refractivity contribution in [3.63, 3.8) is 0 Å². The van der Waals surface area contributed by atoms with Crippen molar-refractivity contribution in [3.05, 3.63) is 82.3 Å². The first kappa shape index (κ1) is 27.2. The molecule has 10 heteroatoms. The highest BCUT2D eigenvalue weighted by atomic mass is 32.1. The van der Waals surface area contributed by atoms with E-state index in [0.717, 1.165) is 40.2 Å². The quantitative estimate of drug-likeness (QED) is 0.283. The van der Waals surface area contributed by atoms with Gasteiger partial charge in [-0.3, -0.25) is 20.4 Å². The number of aromatic nitrogens is 4. The molecule has 1 aromatic carbocycles. The summed E-state index contributed by atoms with van der Waals surface area (Å²) in [5.41, 5.74) is 4.37. The minimum atomic E-state index is -0.484. The van der Waals surface area contributed by atoms with Crippen molar-refractivity contribution in [2.24, 2.45) is 0 Å². The average molecular weight is 533 g/mol. The lowest BCUT2D eigenvalue weighted by Crippen LogP contribution is -2.21. The van der Waals surface area contributed by atoms with Gasteiger partial charge in [0.1, 0.15) is 12.4 Å². The molecule has 3 heterocycles. The van der Waals surface area contributed by atoms with Gasteiger partial charge in [0.15, 0.2) is 10.9 Å². The highest BCUT2D eigenvalue weighted by molar-refractivity contribution is 7.15. The molecule has 2 amide bonds. The maximum absolute atomic E-state index is 12.9. The second-order valence-corrected chi connectivity index (χ2v) is 11.3. The van der Waals surface area contributed by atoms with E-state index in [4.69, 9.17) is 10.2 Å². The van der Waals surface area contributed by atoms with Crippen LogP contribution in [0.3, 0.4) is 0 Å². The smallest absolute Gasteiger partial charge is 0.326 e. The number of benzene rings is 1. The molecular weight excluding hydrogens is 500 g/mol. The second-order valence-electron chi connectivity index (χ2n) is 10.2. The van der Waals surface area contributed by atoms with Gasteiger partial charge in [0.05, 0.1) is 17.8 Å². The summed E-state index contributed by atoms with van der Waals surface area (Å²) < 4.78 is 1.74. The molecule has 198 valence electrons. The van der Waals surface area contributed by atoms with Crippen molar-refractivity contribution in [2.75, 3.05) is 17.2 Å². The summed E-state index contributed by atoms with van der Waals surface area (Å²) in [7, 11) is 0. The number of aryl methyl sites for hydroxylation is 3. The molecule has 0 unspecified atom stereocenters. The molecule has 0 spiro atoms. The Labute approximate surface area is 226 Å². The number of urea groups is 1. The number of anilines is 2. The van der Waals surface area contributed by atoms with Crippen molar-refractivity contribution < 1.29 is 14.7 Å². The van der Waals surface area contributed by atoms with E-state index in [-0.39, 0.29) is 17.6 Å². The Morgan fingerprint density at radius 1 is 1.03 bits per heavy atom. The van der Waals surface area contributed by atoms with Gasteiger partial charge in [-0.2, -0.15) is 5.10 Å². The summed E-state index contributed by atoms with van der Waals surface area (Å²) in [5, 5.41) is 20.0. The van der Waals surface area contributed by atoms with E-state index < -0.39 is 12.6 Å². The number of carbonyl (C=O) groups excluding carboxylic acids is 2. The first-order valence-electron chi connectivity index (χ1n) is 12.4. The predicted molar refractivity (Wildman–Crippen MR) is 149 cm³/mol. The molecule has 0 aliphatic heterocycles. The molecule has 0 bridgehead atoms. The highest BCUT2D eigenvalue weighted by Gasteiger charge is 2.22. The van der Waals surface area contributed by atoms with Crippen LogP contribution in [0.2, 0.25) is 0 Å². The molecule has 0 aliphatic rings. The number of aliphatic hydroxyl groups excluding tert-OH is 1. The molecule has 0 saturated carbocycles. The van der Waals surface area contributed by atoms with E-state index in [1.807, 2.05) is 49.4 Å². The lowest BCUT2D eigenvalue weighted by molar-refractivity contribution is -0.121. The molecule has 38 heavy (non-hydrogen) atoms. The van der Waals surface area contributed by atoms with E-state index in [9.17, 15) is 9.59 Å². The zero-order valence-corrected chi connectivity index (χ0v) is 22.8. The minimum absolute atomic E-state index is 0.119. The number of ketones is 1. The molecule has 4 rings (SSSR count). The van der Waals surface area contributed by atoms with Crippen LogP contribution in [0, 0.1) is 6.92 Å². The third-order valence-corrected chi connectivity index (χ3v) is 6.84. The van der Waals surface area contributed by atoms with Crippen LogP contribution in [-0.2, 0) is 29.5 Å². The van der Waals surface area contributed by atoms with Crippen molar-refractivity contribution in [1.82, 2.24) is 19.7 Å². The summed E-state index contributed by atoms with van der Waals surface area (Å²) in [6.45, 7) is 7.78. The van der Waals surface area contributed by atoms with Gasteiger partial charge in [-0.1, -0.05) is 38.5 Å². The fraction of sp³-hybridized carbons (Fsp3) is 0.321. The molecule has 0 aliphatic carbocycles. The van der Waals surface area contributed by atoms with Crippen LogP contribution in [0.1, 0.15) is 48.2 Å². The molecule has 3 aromatic heterocycles. The number of rotatable bonds is 9. The fourth-order valence-corrected chi connectivity index (χ4v) is 4.56. The molecule has 9 nitrogen and oxygen atoms in total. The number of nitrogens with zero attached hydrogens (tertiary/aromatic N) is 4. The van der Waals surface area contributed by atoms with Crippen LogP contribution >= 0.6 is 11.3 Å². The lowest BCUT2D eigenvalue weighted by Gasteiger charge is -2.14. The number of pyridine rings is 1. The molecule has 0 radical (unpaired) electrons. The number of amides is 2. The normalized spacial score (nSPS) is 11.4. The van der Waals surface area contributed by atoms with Gasteiger partial charge in [0.25, 0.3) is 0 Å². The van der Waals surface area contributed by atoms with Crippen molar-refractivity contribution in [2.45, 2.75) is 52.4 Å². The predicted octanol–water partition coefficient (Wildman–Crippen LogP) is 4.86. The highest BCUT2D eigenvalue weighted by Crippen LogP contribution is 2.27. The van der Waals surface area contributed by atoms with Crippen LogP contribution in [-0.4, -0.2) is 43.3 Å². The minimum Gasteiger partial charge on any atom is -0.389 e. The van der Waals surface area contributed by atoms with Crippen LogP contribution in [0.25, 0.3) is 5.69 Å². The summed E-state index contributed by atoms with van der Waals surface area (Å²) >= 11 is 1.41. The van der Waals surface area contributed by atoms with E-state index >= 15 is 0 Å². The van der Waals surface area contributed by atoms with Gasteiger partial charge in [0, 0.05) is 34.4 Å². The van der Waals surface area contributed by atoms with Crippen molar-refractivity contribution in [3.8, 4) is 5.69 Å². The molecule has 0 atom stereocenters. The lowest BCUT2D eigenvalue weighted by atomic mass is 9.92. The molecule has 3 N–H and O–H groups in total. The topological polar surface area (TPSA) is 122 Å². The Morgan fingerprint density at radius 3 is 2.50 bits per heavy atom. The van der Waals surface area contributed by atoms with E-state index in [1.165, 1.54) is 11.3 Å². The Hall–Kier alpha value is -3.89. The molecule has 0 saturated heterocycles. The maximum atomic E-state index is 12.9. The van der Waals surface area contributed by atoms with Crippen molar-refractivity contribution >= 4 is 34.1 Å². The van der Waals surface area contributed by atoms with E-state index in [0.29, 0.717) is 16.6 Å². The standard InChI is InChI=1S/C28H32N6O3S/c1-18-5-8-21(9-6-18)34-25(15-24(33-34)28(2,3)4)31-26(37)32-27-30-16-23(38-27)10-7-19-11-12-29-20(13-19)14-22(36)17-35/h5-6,8-9,11-13,15-16,35H,7,10,14,17H2,1-4H3,(H2,30,31,32,37).